The first-order valence-electron chi connectivity index (χ1n) is 8.00. The van der Waals surface area contributed by atoms with Crippen molar-refractivity contribution >= 4 is 11.7 Å². The lowest BCUT2D eigenvalue weighted by atomic mass is 10.1. The zero-order valence-corrected chi connectivity index (χ0v) is 13.4. The molecule has 2 amide bonds. The van der Waals surface area contributed by atoms with E-state index in [1.165, 1.54) is 5.56 Å². The normalized spacial score (nSPS) is 14.6. The predicted octanol–water partition coefficient (Wildman–Crippen LogP) is 2.82. The van der Waals surface area contributed by atoms with Crippen LogP contribution in [-0.4, -0.2) is 46.5 Å². The molecular weight excluding hydrogens is 288 g/mol. The molecule has 5 heteroatoms. The van der Waals surface area contributed by atoms with E-state index in [-0.39, 0.29) is 6.03 Å². The standard InChI is InChI=1S/C18H22N4O/c1-2-21(12-15-8-10-19-11-9-15)17-13-22(14-17)18(23)20-16-6-4-3-5-7-16/h3-11,17H,2,12-14H2,1H3,(H,20,23). The van der Waals surface area contributed by atoms with Crippen LogP contribution in [0.1, 0.15) is 12.5 Å². The summed E-state index contributed by atoms with van der Waals surface area (Å²) in [5.74, 6) is 0. The van der Waals surface area contributed by atoms with Crippen molar-refractivity contribution in [1.29, 1.82) is 0 Å². The number of para-hydroxylation sites is 1. The second kappa shape index (κ2) is 7.24. The van der Waals surface area contributed by atoms with Gasteiger partial charge in [0.25, 0.3) is 0 Å². The van der Waals surface area contributed by atoms with Crippen molar-refractivity contribution in [3.8, 4) is 0 Å². The van der Waals surface area contributed by atoms with Gasteiger partial charge < -0.3 is 10.2 Å². The van der Waals surface area contributed by atoms with Crippen LogP contribution in [0.25, 0.3) is 0 Å². The summed E-state index contributed by atoms with van der Waals surface area (Å²) in [6.07, 6.45) is 3.65. The number of hydrogen-bond donors (Lipinski definition) is 1. The Morgan fingerprint density at radius 1 is 1.22 bits per heavy atom. The molecule has 2 aromatic rings. The SMILES string of the molecule is CCN(Cc1ccncc1)C1CN(C(=O)Nc2ccccc2)C1. The van der Waals surface area contributed by atoms with Crippen LogP contribution >= 0.6 is 0 Å². The lowest BCUT2D eigenvalue weighted by molar-refractivity contribution is 0.0600. The number of carbonyl (C=O) groups is 1. The Balaban J connectivity index is 1.50. The van der Waals surface area contributed by atoms with Gasteiger partial charge in [0.05, 0.1) is 0 Å². The van der Waals surface area contributed by atoms with Gasteiger partial charge >= 0.3 is 6.03 Å². The van der Waals surface area contributed by atoms with Crippen molar-refractivity contribution in [2.45, 2.75) is 19.5 Å². The monoisotopic (exact) mass is 310 g/mol. The van der Waals surface area contributed by atoms with Crippen LogP contribution in [0.15, 0.2) is 54.9 Å². The second-order valence-electron chi connectivity index (χ2n) is 5.77. The molecule has 0 atom stereocenters. The van der Waals surface area contributed by atoms with Crippen LogP contribution in [0.3, 0.4) is 0 Å². The number of anilines is 1. The maximum atomic E-state index is 12.2. The predicted molar refractivity (Wildman–Crippen MR) is 91.1 cm³/mol. The van der Waals surface area contributed by atoms with E-state index in [0.29, 0.717) is 6.04 Å². The van der Waals surface area contributed by atoms with Crippen molar-refractivity contribution in [1.82, 2.24) is 14.8 Å². The molecule has 0 unspecified atom stereocenters. The molecule has 1 fully saturated rings. The number of nitrogens with zero attached hydrogens (tertiary/aromatic N) is 3. The second-order valence-corrected chi connectivity index (χ2v) is 5.77. The highest BCUT2D eigenvalue weighted by Gasteiger charge is 2.34. The molecular formula is C18H22N4O. The Bertz CT molecular complexity index is 626. The van der Waals surface area contributed by atoms with Crippen molar-refractivity contribution in [2.24, 2.45) is 0 Å². The summed E-state index contributed by atoms with van der Waals surface area (Å²) in [6.45, 7) is 5.59. The highest BCUT2D eigenvalue weighted by Crippen LogP contribution is 2.19. The van der Waals surface area contributed by atoms with Crippen LogP contribution in [-0.2, 0) is 6.54 Å². The smallest absolute Gasteiger partial charge is 0.321 e. The fourth-order valence-corrected chi connectivity index (χ4v) is 2.80. The molecule has 0 bridgehead atoms. The fraction of sp³-hybridized carbons (Fsp3) is 0.333. The van der Waals surface area contributed by atoms with Crippen molar-refractivity contribution in [2.75, 3.05) is 25.0 Å². The largest absolute Gasteiger partial charge is 0.321 e. The minimum atomic E-state index is -0.0209. The van der Waals surface area contributed by atoms with Crippen molar-refractivity contribution in [3.63, 3.8) is 0 Å². The minimum Gasteiger partial charge on any atom is -0.321 e. The summed E-state index contributed by atoms with van der Waals surface area (Å²) in [6, 6.07) is 14.1. The quantitative estimate of drug-likeness (QED) is 0.924. The minimum absolute atomic E-state index is 0.0209. The summed E-state index contributed by atoms with van der Waals surface area (Å²) in [5.41, 5.74) is 2.10. The lowest BCUT2D eigenvalue weighted by Crippen LogP contribution is -2.61. The first kappa shape index (κ1) is 15.5. The van der Waals surface area contributed by atoms with Crippen molar-refractivity contribution < 1.29 is 4.79 Å². The topological polar surface area (TPSA) is 48.5 Å². The van der Waals surface area contributed by atoms with Crippen LogP contribution in [0.5, 0.6) is 0 Å². The molecule has 0 spiro atoms. The molecule has 1 saturated heterocycles. The molecule has 0 radical (unpaired) electrons. The number of nitrogens with one attached hydrogen (secondary N) is 1. The first-order chi connectivity index (χ1) is 11.3. The Morgan fingerprint density at radius 2 is 1.91 bits per heavy atom. The van der Waals surface area contributed by atoms with E-state index < -0.39 is 0 Å². The van der Waals surface area contributed by atoms with Gasteiger partial charge in [0, 0.05) is 43.8 Å². The Hall–Kier alpha value is -2.40. The number of benzene rings is 1. The summed E-state index contributed by atoms with van der Waals surface area (Å²) in [7, 11) is 0. The van der Waals surface area contributed by atoms with Crippen LogP contribution in [0.4, 0.5) is 10.5 Å². The van der Waals surface area contributed by atoms with Gasteiger partial charge in [-0.25, -0.2) is 4.79 Å². The third-order valence-electron chi connectivity index (χ3n) is 4.23. The summed E-state index contributed by atoms with van der Waals surface area (Å²) in [4.78, 5) is 20.5. The molecule has 3 rings (SSSR count). The number of hydrogen-bond acceptors (Lipinski definition) is 3. The summed E-state index contributed by atoms with van der Waals surface area (Å²) >= 11 is 0. The van der Waals surface area contributed by atoms with E-state index in [9.17, 15) is 4.79 Å². The van der Waals surface area contributed by atoms with Gasteiger partial charge in [-0.05, 0) is 36.4 Å². The molecule has 1 aromatic heterocycles. The number of urea groups is 1. The number of carbonyl (C=O) groups excluding carboxylic acids is 1. The average molecular weight is 310 g/mol. The Morgan fingerprint density at radius 3 is 2.57 bits per heavy atom. The van der Waals surface area contributed by atoms with E-state index in [2.05, 4.69) is 22.1 Å². The van der Waals surface area contributed by atoms with Crippen LogP contribution in [0.2, 0.25) is 0 Å². The van der Waals surface area contributed by atoms with Gasteiger partial charge in [0.15, 0.2) is 0 Å². The molecule has 0 aliphatic carbocycles. The summed E-state index contributed by atoms with van der Waals surface area (Å²) in [5, 5.41) is 2.93. The molecule has 120 valence electrons. The Labute approximate surface area is 136 Å². The average Bonchev–Trinajstić information content (AvgIpc) is 2.54. The Kier molecular flexibility index (Phi) is 4.88. The van der Waals surface area contributed by atoms with E-state index in [4.69, 9.17) is 0 Å². The number of likely N-dealkylation sites (N-methyl/N-ethyl adjacent to an activating group) is 1. The number of pyridine rings is 1. The molecule has 1 aliphatic rings. The molecule has 2 heterocycles. The fourth-order valence-electron chi connectivity index (χ4n) is 2.80. The molecule has 1 N–H and O–H groups in total. The number of likely N-dealkylation sites (tertiary alicyclic amines) is 1. The van der Waals surface area contributed by atoms with Gasteiger partial charge in [-0.3, -0.25) is 9.88 Å². The van der Waals surface area contributed by atoms with Crippen molar-refractivity contribution in [3.05, 3.63) is 60.4 Å². The summed E-state index contributed by atoms with van der Waals surface area (Å²) < 4.78 is 0. The number of aromatic nitrogens is 1. The molecule has 5 nitrogen and oxygen atoms in total. The van der Waals surface area contributed by atoms with E-state index in [1.54, 1.807) is 0 Å². The molecule has 1 aromatic carbocycles. The first-order valence-corrected chi connectivity index (χ1v) is 8.00. The van der Waals surface area contributed by atoms with Gasteiger partial charge in [-0.15, -0.1) is 0 Å². The lowest BCUT2D eigenvalue weighted by Gasteiger charge is -2.45. The van der Waals surface area contributed by atoms with Gasteiger partial charge in [-0.2, -0.15) is 0 Å². The maximum Gasteiger partial charge on any atom is 0.321 e. The zero-order chi connectivity index (χ0) is 16.1. The molecule has 0 saturated carbocycles. The molecule has 23 heavy (non-hydrogen) atoms. The molecule has 1 aliphatic heterocycles. The van der Waals surface area contributed by atoms with Gasteiger partial charge in [0.2, 0.25) is 0 Å². The van der Waals surface area contributed by atoms with E-state index in [0.717, 1.165) is 31.9 Å². The van der Waals surface area contributed by atoms with Crippen LogP contribution < -0.4 is 5.32 Å². The maximum absolute atomic E-state index is 12.2. The van der Waals surface area contributed by atoms with Gasteiger partial charge in [-0.1, -0.05) is 25.1 Å². The third-order valence-corrected chi connectivity index (χ3v) is 4.23. The zero-order valence-electron chi connectivity index (χ0n) is 13.4. The number of amides is 2. The van der Waals surface area contributed by atoms with Gasteiger partial charge in [0.1, 0.15) is 0 Å². The highest BCUT2D eigenvalue weighted by molar-refractivity contribution is 5.89. The number of rotatable bonds is 5. The third kappa shape index (κ3) is 3.87. The highest BCUT2D eigenvalue weighted by atomic mass is 16.2. The van der Waals surface area contributed by atoms with Crippen LogP contribution in [0, 0.1) is 0 Å². The van der Waals surface area contributed by atoms with E-state index >= 15 is 0 Å². The van der Waals surface area contributed by atoms with E-state index in [1.807, 2.05) is 59.8 Å².